The van der Waals surface area contributed by atoms with Crippen LogP contribution in [0.1, 0.15) is 52.4 Å². The van der Waals surface area contributed by atoms with Crippen molar-refractivity contribution in [3.63, 3.8) is 0 Å². The minimum atomic E-state index is 0.704. The van der Waals surface area contributed by atoms with Crippen LogP contribution < -0.4 is 5.32 Å². The Morgan fingerprint density at radius 2 is 1.69 bits per heavy atom. The van der Waals surface area contributed by atoms with Crippen molar-refractivity contribution < 1.29 is 0 Å². The molecular weight excluding hydrogens is 196 g/mol. The van der Waals surface area contributed by atoms with Crippen molar-refractivity contribution in [3.8, 4) is 0 Å². The molecule has 1 atom stereocenters. The summed E-state index contributed by atoms with van der Waals surface area (Å²) in [6.07, 6.45) is 8.23. The number of hydrogen-bond acceptors (Lipinski definition) is 2. The van der Waals surface area contributed by atoms with Crippen LogP contribution in [0.25, 0.3) is 0 Å². The first-order valence-corrected chi connectivity index (χ1v) is 7.08. The molecule has 1 fully saturated rings. The number of rotatable bonds is 7. The Bertz CT molecular complexity index is 170. The Balaban J connectivity index is 2.37. The molecule has 0 aromatic carbocycles. The molecule has 1 saturated carbocycles. The molecule has 2 nitrogen and oxygen atoms in total. The number of nitrogens with one attached hydrogen (secondary N) is 1. The summed E-state index contributed by atoms with van der Waals surface area (Å²) < 4.78 is 0. The first kappa shape index (κ1) is 14.0. The molecule has 0 bridgehead atoms. The van der Waals surface area contributed by atoms with Crippen molar-refractivity contribution >= 4 is 0 Å². The van der Waals surface area contributed by atoms with Gasteiger partial charge in [0.15, 0.2) is 0 Å². The van der Waals surface area contributed by atoms with Crippen LogP contribution in [0.2, 0.25) is 0 Å². The van der Waals surface area contributed by atoms with Crippen LogP contribution >= 0.6 is 0 Å². The molecule has 1 aliphatic carbocycles. The summed E-state index contributed by atoms with van der Waals surface area (Å²) in [4.78, 5) is 2.40. The summed E-state index contributed by atoms with van der Waals surface area (Å²) in [6, 6.07) is 1.51. The Morgan fingerprint density at radius 1 is 1.12 bits per heavy atom. The highest BCUT2D eigenvalue weighted by atomic mass is 15.1. The minimum absolute atomic E-state index is 0.704. The highest BCUT2D eigenvalue weighted by Gasteiger charge is 2.22. The third-order valence-electron chi connectivity index (χ3n) is 4.23. The van der Waals surface area contributed by atoms with Gasteiger partial charge in [-0.05, 0) is 32.9 Å². The van der Waals surface area contributed by atoms with Crippen LogP contribution in [0.3, 0.4) is 0 Å². The molecule has 1 aliphatic rings. The predicted octanol–water partition coefficient (Wildman–Crippen LogP) is 2.89. The number of hydrogen-bond donors (Lipinski definition) is 1. The van der Waals surface area contributed by atoms with Crippen molar-refractivity contribution in [1.82, 2.24) is 10.2 Å². The zero-order valence-corrected chi connectivity index (χ0v) is 11.6. The quantitative estimate of drug-likeness (QED) is 0.718. The maximum absolute atomic E-state index is 3.77. The van der Waals surface area contributed by atoms with Gasteiger partial charge in [-0.15, -0.1) is 0 Å². The molecule has 0 saturated heterocycles. The van der Waals surface area contributed by atoms with Gasteiger partial charge >= 0.3 is 0 Å². The lowest BCUT2D eigenvalue weighted by molar-refractivity contribution is 0.189. The average molecular weight is 226 g/mol. The molecular formula is C14H30N2. The second-order valence-electron chi connectivity index (χ2n) is 5.50. The van der Waals surface area contributed by atoms with Gasteiger partial charge in [0.05, 0.1) is 0 Å². The molecule has 1 rings (SSSR count). The molecule has 1 N–H and O–H groups in total. The Hall–Kier alpha value is -0.0800. The van der Waals surface area contributed by atoms with Gasteiger partial charge in [-0.3, -0.25) is 0 Å². The van der Waals surface area contributed by atoms with E-state index in [1.165, 1.54) is 45.1 Å². The van der Waals surface area contributed by atoms with Gasteiger partial charge in [-0.1, -0.05) is 39.5 Å². The van der Waals surface area contributed by atoms with Gasteiger partial charge in [0.25, 0.3) is 0 Å². The number of likely N-dealkylation sites (N-methyl/N-ethyl adjacent to an activating group) is 1. The van der Waals surface area contributed by atoms with Gasteiger partial charge < -0.3 is 10.2 Å². The maximum Gasteiger partial charge on any atom is 0.0242 e. The van der Waals surface area contributed by atoms with Crippen LogP contribution in [0.5, 0.6) is 0 Å². The summed E-state index contributed by atoms with van der Waals surface area (Å²) in [5, 5.41) is 3.77. The van der Waals surface area contributed by atoms with Crippen LogP contribution in [0.4, 0.5) is 0 Å². The summed E-state index contributed by atoms with van der Waals surface area (Å²) >= 11 is 0. The lowest BCUT2D eigenvalue weighted by Crippen LogP contribution is -2.45. The standard InChI is InChI=1S/C14H30N2/c1-5-12(6-2)14(16(3)4)11-15-13-9-7-8-10-13/h12-15H,5-11H2,1-4H3. The van der Waals surface area contributed by atoms with E-state index in [-0.39, 0.29) is 0 Å². The van der Waals surface area contributed by atoms with Gasteiger partial charge in [0, 0.05) is 18.6 Å². The molecule has 1 unspecified atom stereocenters. The predicted molar refractivity (Wildman–Crippen MR) is 71.8 cm³/mol. The topological polar surface area (TPSA) is 15.3 Å². The second kappa shape index (κ2) is 7.29. The third kappa shape index (κ3) is 4.06. The van der Waals surface area contributed by atoms with Gasteiger partial charge in [-0.25, -0.2) is 0 Å². The minimum Gasteiger partial charge on any atom is -0.312 e. The third-order valence-corrected chi connectivity index (χ3v) is 4.23. The van der Waals surface area contributed by atoms with Crippen LogP contribution in [0.15, 0.2) is 0 Å². The van der Waals surface area contributed by atoms with Crippen LogP contribution in [-0.4, -0.2) is 37.6 Å². The van der Waals surface area contributed by atoms with Gasteiger partial charge in [-0.2, -0.15) is 0 Å². The molecule has 0 heterocycles. The highest BCUT2D eigenvalue weighted by Crippen LogP contribution is 2.20. The number of nitrogens with zero attached hydrogens (tertiary/aromatic N) is 1. The molecule has 0 radical (unpaired) electrons. The Morgan fingerprint density at radius 3 is 2.12 bits per heavy atom. The average Bonchev–Trinajstić information content (AvgIpc) is 2.76. The lowest BCUT2D eigenvalue weighted by Gasteiger charge is -2.32. The van der Waals surface area contributed by atoms with E-state index in [1.807, 2.05) is 0 Å². The zero-order valence-electron chi connectivity index (χ0n) is 11.6. The SMILES string of the molecule is CCC(CC)C(CNC1CCCC1)N(C)C. The fourth-order valence-corrected chi connectivity index (χ4v) is 3.02. The Labute approximate surface area is 102 Å². The highest BCUT2D eigenvalue weighted by molar-refractivity contribution is 4.81. The summed E-state index contributed by atoms with van der Waals surface area (Å²) in [5.74, 6) is 0.837. The zero-order chi connectivity index (χ0) is 12.0. The molecule has 0 spiro atoms. The fraction of sp³-hybridized carbons (Fsp3) is 1.00. The molecule has 0 aliphatic heterocycles. The van der Waals surface area contributed by atoms with Crippen molar-refractivity contribution in [3.05, 3.63) is 0 Å². The summed E-state index contributed by atoms with van der Waals surface area (Å²) in [5.41, 5.74) is 0. The molecule has 96 valence electrons. The van der Waals surface area contributed by atoms with E-state index in [4.69, 9.17) is 0 Å². The molecule has 0 aromatic heterocycles. The van der Waals surface area contributed by atoms with Crippen molar-refractivity contribution in [2.45, 2.75) is 64.5 Å². The molecule has 16 heavy (non-hydrogen) atoms. The van der Waals surface area contributed by atoms with E-state index in [9.17, 15) is 0 Å². The van der Waals surface area contributed by atoms with Crippen LogP contribution in [0, 0.1) is 5.92 Å². The van der Waals surface area contributed by atoms with E-state index in [0.29, 0.717) is 6.04 Å². The largest absolute Gasteiger partial charge is 0.312 e. The molecule has 2 heteroatoms. The summed E-state index contributed by atoms with van der Waals surface area (Å²) in [7, 11) is 4.44. The van der Waals surface area contributed by atoms with E-state index in [2.05, 4.69) is 38.2 Å². The van der Waals surface area contributed by atoms with Crippen molar-refractivity contribution in [1.29, 1.82) is 0 Å². The smallest absolute Gasteiger partial charge is 0.0242 e. The van der Waals surface area contributed by atoms with E-state index < -0.39 is 0 Å². The maximum atomic E-state index is 3.77. The summed E-state index contributed by atoms with van der Waals surface area (Å²) in [6.45, 7) is 5.81. The van der Waals surface area contributed by atoms with Gasteiger partial charge in [0.2, 0.25) is 0 Å². The Kier molecular flexibility index (Phi) is 6.37. The van der Waals surface area contributed by atoms with E-state index in [1.54, 1.807) is 0 Å². The van der Waals surface area contributed by atoms with Crippen molar-refractivity contribution in [2.75, 3.05) is 20.6 Å². The molecule has 0 amide bonds. The fourth-order valence-electron chi connectivity index (χ4n) is 3.02. The van der Waals surface area contributed by atoms with Gasteiger partial charge in [0.1, 0.15) is 0 Å². The second-order valence-corrected chi connectivity index (χ2v) is 5.50. The first-order chi connectivity index (χ1) is 7.69. The van der Waals surface area contributed by atoms with E-state index in [0.717, 1.165) is 12.0 Å². The first-order valence-electron chi connectivity index (χ1n) is 7.08. The normalized spacial score (nSPS) is 19.9. The van der Waals surface area contributed by atoms with Crippen LogP contribution in [-0.2, 0) is 0 Å². The monoisotopic (exact) mass is 226 g/mol. The van der Waals surface area contributed by atoms with Crippen molar-refractivity contribution in [2.24, 2.45) is 5.92 Å². The lowest BCUT2D eigenvalue weighted by atomic mass is 9.93. The molecule has 0 aromatic rings. The van der Waals surface area contributed by atoms with E-state index >= 15 is 0 Å².